The first-order chi connectivity index (χ1) is 13.6. The third-order valence-electron chi connectivity index (χ3n) is 5.45. The molecular formula is C26H28INS. The molecule has 0 atom stereocenters. The number of thiophene rings is 1. The molecule has 0 radical (unpaired) electrons. The van der Waals surface area contributed by atoms with Crippen LogP contribution in [-0.2, 0) is 10.8 Å². The van der Waals surface area contributed by atoms with Crippen LogP contribution in [0.25, 0.3) is 20.2 Å². The van der Waals surface area contributed by atoms with Crippen molar-refractivity contribution < 1.29 is 0 Å². The standard InChI is InChI=1S/C26H28INS/c1-25(2,3)19-13-7-8-15-21(19)28(27)22-16-10-12-18-17-11-9-14-20(26(4,5)6)23(17)29-24(18)22/h7-16H,1-6H3. The second kappa shape index (κ2) is 7.28. The summed E-state index contributed by atoms with van der Waals surface area (Å²) in [5.41, 5.74) is 5.54. The van der Waals surface area contributed by atoms with Crippen LogP contribution in [0.4, 0.5) is 11.4 Å². The summed E-state index contributed by atoms with van der Waals surface area (Å²) in [7, 11) is 0. The maximum absolute atomic E-state index is 2.48. The third-order valence-corrected chi connectivity index (χ3v) is 7.76. The van der Waals surface area contributed by atoms with Crippen LogP contribution in [0.2, 0.25) is 0 Å². The monoisotopic (exact) mass is 513 g/mol. The summed E-state index contributed by atoms with van der Waals surface area (Å²) < 4.78 is 5.11. The predicted molar refractivity (Wildman–Crippen MR) is 139 cm³/mol. The quantitative estimate of drug-likeness (QED) is 0.191. The minimum atomic E-state index is 0.0908. The maximum atomic E-state index is 2.48. The Labute approximate surface area is 192 Å². The third kappa shape index (κ3) is 3.68. The van der Waals surface area contributed by atoms with E-state index in [1.807, 2.05) is 11.3 Å². The van der Waals surface area contributed by atoms with Gasteiger partial charge in [0.25, 0.3) is 0 Å². The highest BCUT2D eigenvalue weighted by Crippen LogP contribution is 2.47. The van der Waals surface area contributed by atoms with Crippen molar-refractivity contribution >= 4 is 65.7 Å². The lowest BCUT2D eigenvalue weighted by atomic mass is 9.85. The minimum absolute atomic E-state index is 0.0908. The summed E-state index contributed by atoms with van der Waals surface area (Å²) in [6, 6.07) is 22.2. The van der Waals surface area contributed by atoms with E-state index in [1.54, 1.807) is 0 Å². The van der Waals surface area contributed by atoms with E-state index in [1.165, 1.54) is 42.7 Å². The van der Waals surface area contributed by atoms with Crippen molar-refractivity contribution in [3.63, 3.8) is 0 Å². The summed E-state index contributed by atoms with van der Waals surface area (Å²) in [4.78, 5) is 0. The lowest BCUT2D eigenvalue weighted by Crippen LogP contribution is -2.15. The number of anilines is 2. The lowest BCUT2D eigenvalue weighted by Gasteiger charge is -2.27. The Morgan fingerprint density at radius 1 is 0.621 bits per heavy atom. The first-order valence-corrected chi connectivity index (χ1v) is 11.9. The molecule has 0 bridgehead atoms. The maximum Gasteiger partial charge on any atom is 0.0689 e. The Hall–Kier alpha value is -1.59. The van der Waals surface area contributed by atoms with E-state index in [0.717, 1.165) is 0 Å². The summed E-state index contributed by atoms with van der Waals surface area (Å²) in [6.07, 6.45) is 0. The smallest absolute Gasteiger partial charge is 0.0689 e. The highest BCUT2D eigenvalue weighted by Gasteiger charge is 2.24. The van der Waals surface area contributed by atoms with E-state index in [2.05, 4.69) is 128 Å². The van der Waals surface area contributed by atoms with Gasteiger partial charge in [-0.15, -0.1) is 11.3 Å². The highest BCUT2D eigenvalue weighted by atomic mass is 127. The Morgan fingerprint density at radius 3 is 1.79 bits per heavy atom. The molecule has 1 nitrogen and oxygen atoms in total. The molecule has 4 aromatic rings. The van der Waals surface area contributed by atoms with E-state index in [0.29, 0.717) is 0 Å². The van der Waals surface area contributed by atoms with Gasteiger partial charge in [0.2, 0.25) is 0 Å². The average molecular weight is 513 g/mol. The molecular weight excluding hydrogens is 485 g/mol. The normalized spacial score (nSPS) is 12.7. The molecule has 0 aliphatic rings. The van der Waals surface area contributed by atoms with E-state index in [9.17, 15) is 0 Å². The molecule has 1 aromatic heterocycles. The first-order valence-electron chi connectivity index (χ1n) is 10.1. The summed E-state index contributed by atoms with van der Waals surface area (Å²) in [6.45, 7) is 13.8. The van der Waals surface area contributed by atoms with Gasteiger partial charge in [0.1, 0.15) is 0 Å². The van der Waals surface area contributed by atoms with Gasteiger partial charge in [0.15, 0.2) is 0 Å². The number of hydrogen-bond acceptors (Lipinski definition) is 2. The molecule has 0 N–H and O–H groups in total. The van der Waals surface area contributed by atoms with Crippen LogP contribution in [0.5, 0.6) is 0 Å². The van der Waals surface area contributed by atoms with Gasteiger partial charge in [-0.05, 0) is 34.1 Å². The molecule has 0 saturated carbocycles. The van der Waals surface area contributed by atoms with Crippen LogP contribution in [-0.4, -0.2) is 0 Å². The van der Waals surface area contributed by atoms with Gasteiger partial charge < -0.3 is 0 Å². The molecule has 0 aliphatic carbocycles. The Morgan fingerprint density at radius 2 is 1.14 bits per heavy atom. The molecule has 0 unspecified atom stereocenters. The molecule has 0 saturated heterocycles. The van der Waals surface area contributed by atoms with Gasteiger partial charge in [0, 0.05) is 15.5 Å². The van der Waals surface area contributed by atoms with Gasteiger partial charge >= 0.3 is 0 Å². The topological polar surface area (TPSA) is 3.24 Å². The van der Waals surface area contributed by atoms with Crippen LogP contribution in [0, 0.1) is 0 Å². The summed E-state index contributed by atoms with van der Waals surface area (Å²) in [5, 5.41) is 2.72. The molecule has 3 heteroatoms. The van der Waals surface area contributed by atoms with E-state index < -0.39 is 0 Å². The van der Waals surface area contributed by atoms with Crippen LogP contribution in [0.15, 0.2) is 60.7 Å². The number of nitrogens with zero attached hydrogens (tertiary/aromatic N) is 1. The molecule has 1 heterocycles. The average Bonchev–Trinajstić information content (AvgIpc) is 3.04. The van der Waals surface area contributed by atoms with Crippen molar-refractivity contribution in [2.75, 3.05) is 3.11 Å². The largest absolute Gasteiger partial charge is 0.281 e. The molecule has 0 fully saturated rings. The number of para-hydroxylation sites is 1. The minimum Gasteiger partial charge on any atom is -0.281 e. The number of halogens is 1. The van der Waals surface area contributed by atoms with Crippen LogP contribution >= 0.6 is 34.2 Å². The van der Waals surface area contributed by atoms with Gasteiger partial charge in [0.05, 0.1) is 38.9 Å². The van der Waals surface area contributed by atoms with Crippen molar-refractivity contribution in [2.24, 2.45) is 0 Å². The second-order valence-corrected chi connectivity index (χ2v) is 11.7. The van der Waals surface area contributed by atoms with Crippen LogP contribution in [0.1, 0.15) is 52.7 Å². The van der Waals surface area contributed by atoms with Gasteiger partial charge in [-0.2, -0.15) is 0 Å². The number of hydrogen-bond donors (Lipinski definition) is 0. The number of rotatable bonds is 2. The van der Waals surface area contributed by atoms with Crippen molar-refractivity contribution in [1.82, 2.24) is 0 Å². The molecule has 29 heavy (non-hydrogen) atoms. The number of benzene rings is 3. The molecule has 0 spiro atoms. The fourth-order valence-electron chi connectivity index (χ4n) is 3.96. The molecule has 0 aliphatic heterocycles. The predicted octanol–water partition coefficient (Wildman–Crippen LogP) is 9.14. The first kappa shape index (κ1) is 20.7. The van der Waals surface area contributed by atoms with Crippen molar-refractivity contribution in [2.45, 2.75) is 52.4 Å². The zero-order valence-corrected chi connectivity index (χ0v) is 21.0. The van der Waals surface area contributed by atoms with Gasteiger partial charge in [-0.3, -0.25) is 3.11 Å². The molecule has 4 rings (SSSR count). The van der Waals surface area contributed by atoms with Gasteiger partial charge in [-0.1, -0.05) is 90.1 Å². The van der Waals surface area contributed by atoms with E-state index >= 15 is 0 Å². The molecule has 150 valence electrons. The SMILES string of the molecule is CC(C)(C)c1ccccc1N(I)c1cccc2c1sc1c(C(C)(C)C)cccc12. The lowest BCUT2D eigenvalue weighted by molar-refractivity contribution is 0.592. The fraction of sp³-hybridized carbons (Fsp3) is 0.308. The second-order valence-electron chi connectivity index (χ2n) is 9.74. The number of fused-ring (bicyclic) bond motifs is 3. The van der Waals surface area contributed by atoms with Crippen LogP contribution < -0.4 is 3.11 Å². The highest BCUT2D eigenvalue weighted by molar-refractivity contribution is 14.1. The summed E-state index contributed by atoms with van der Waals surface area (Å²) in [5.74, 6) is 0. The van der Waals surface area contributed by atoms with Gasteiger partial charge in [-0.25, -0.2) is 0 Å². The van der Waals surface area contributed by atoms with Crippen molar-refractivity contribution in [3.05, 3.63) is 71.8 Å². The van der Waals surface area contributed by atoms with Crippen molar-refractivity contribution in [3.8, 4) is 0 Å². The van der Waals surface area contributed by atoms with E-state index in [4.69, 9.17) is 0 Å². The Bertz CT molecular complexity index is 1190. The zero-order valence-electron chi connectivity index (χ0n) is 18.0. The van der Waals surface area contributed by atoms with E-state index in [-0.39, 0.29) is 10.8 Å². The Kier molecular flexibility index (Phi) is 5.19. The molecule has 0 amide bonds. The van der Waals surface area contributed by atoms with Crippen LogP contribution in [0.3, 0.4) is 0 Å². The van der Waals surface area contributed by atoms with Crippen molar-refractivity contribution in [1.29, 1.82) is 0 Å². The summed E-state index contributed by atoms with van der Waals surface area (Å²) >= 11 is 4.41. The fourth-order valence-corrected chi connectivity index (χ4v) is 6.47. The molecule has 3 aromatic carbocycles. The zero-order chi connectivity index (χ0) is 21.0. The Balaban J connectivity index is 1.97.